The molecule has 0 spiro atoms. The Morgan fingerprint density at radius 3 is 2.27 bits per heavy atom. The summed E-state index contributed by atoms with van der Waals surface area (Å²) in [7, 11) is 0. The van der Waals surface area contributed by atoms with E-state index in [0.29, 0.717) is 10.8 Å². The molecule has 1 heteroatoms. The molecule has 1 nitrogen and oxygen atoms in total. The number of aliphatic hydroxyl groups excluding tert-OH is 1. The van der Waals surface area contributed by atoms with Crippen molar-refractivity contribution in [2.24, 2.45) is 58.2 Å². The maximum atomic E-state index is 10.3. The summed E-state index contributed by atoms with van der Waals surface area (Å²) < 4.78 is 0. The minimum atomic E-state index is -0.0187. The molecule has 10 atom stereocenters. The van der Waals surface area contributed by atoms with Crippen LogP contribution in [0.25, 0.3) is 0 Å². The first-order valence-electron chi connectivity index (χ1n) is 13.6. The lowest BCUT2D eigenvalue weighted by Gasteiger charge is -2.61. The Hall–Kier alpha value is -0.300. The van der Waals surface area contributed by atoms with Crippen molar-refractivity contribution in [3.63, 3.8) is 0 Å². The SMILES string of the molecule is CC[C@H](/C=C/[C@@H](C)[C@H]1CC[C@H]2[C@H]3CCC4C[C@@H](O)CC[C@]4(C)[C@H]3CC[C@]12C)C(C)C. The molecular weight excluding hydrogens is 364 g/mol. The third kappa shape index (κ3) is 3.74. The van der Waals surface area contributed by atoms with Gasteiger partial charge in [0.2, 0.25) is 0 Å². The van der Waals surface area contributed by atoms with Crippen molar-refractivity contribution in [3.8, 4) is 0 Å². The number of allylic oxidation sites excluding steroid dienone is 2. The molecule has 30 heavy (non-hydrogen) atoms. The third-order valence-electron chi connectivity index (χ3n) is 11.3. The molecular formula is C29H50O. The number of fused-ring (bicyclic) bond motifs is 5. The van der Waals surface area contributed by atoms with Gasteiger partial charge in [-0.1, -0.05) is 53.7 Å². The van der Waals surface area contributed by atoms with E-state index in [2.05, 4.69) is 53.7 Å². The Labute approximate surface area is 187 Å². The fourth-order valence-corrected chi connectivity index (χ4v) is 9.42. The molecule has 4 aliphatic rings. The highest BCUT2D eigenvalue weighted by Gasteiger charge is 2.60. The summed E-state index contributed by atoms with van der Waals surface area (Å²) >= 11 is 0. The van der Waals surface area contributed by atoms with E-state index in [-0.39, 0.29) is 6.10 Å². The minimum Gasteiger partial charge on any atom is -0.393 e. The van der Waals surface area contributed by atoms with Crippen LogP contribution in [-0.4, -0.2) is 11.2 Å². The van der Waals surface area contributed by atoms with E-state index in [0.717, 1.165) is 60.2 Å². The maximum Gasteiger partial charge on any atom is 0.0543 e. The molecule has 1 unspecified atom stereocenters. The second kappa shape index (κ2) is 8.57. The van der Waals surface area contributed by atoms with Crippen molar-refractivity contribution < 1.29 is 5.11 Å². The van der Waals surface area contributed by atoms with Gasteiger partial charge in [0, 0.05) is 0 Å². The molecule has 0 aliphatic heterocycles. The average Bonchev–Trinajstić information content (AvgIpc) is 3.06. The van der Waals surface area contributed by atoms with Gasteiger partial charge < -0.3 is 5.11 Å². The van der Waals surface area contributed by atoms with Gasteiger partial charge in [-0.2, -0.15) is 0 Å². The van der Waals surface area contributed by atoms with Crippen LogP contribution in [0.1, 0.15) is 106 Å². The Morgan fingerprint density at radius 2 is 1.57 bits per heavy atom. The minimum absolute atomic E-state index is 0.0187. The van der Waals surface area contributed by atoms with Crippen molar-refractivity contribution in [2.45, 2.75) is 112 Å². The third-order valence-corrected chi connectivity index (χ3v) is 11.3. The van der Waals surface area contributed by atoms with Crippen LogP contribution in [0, 0.1) is 58.2 Å². The molecule has 0 heterocycles. The first-order chi connectivity index (χ1) is 14.2. The lowest BCUT2D eigenvalue weighted by Crippen LogP contribution is -2.54. The lowest BCUT2D eigenvalue weighted by atomic mass is 9.44. The highest BCUT2D eigenvalue weighted by Crippen LogP contribution is 2.68. The number of rotatable bonds is 5. The molecule has 0 bridgehead atoms. The summed E-state index contributed by atoms with van der Waals surface area (Å²) in [6.07, 6.45) is 18.5. The maximum absolute atomic E-state index is 10.3. The first-order valence-corrected chi connectivity index (χ1v) is 13.6. The van der Waals surface area contributed by atoms with Crippen LogP contribution < -0.4 is 0 Å². The second-order valence-electron chi connectivity index (χ2n) is 12.9. The molecule has 0 amide bonds. The van der Waals surface area contributed by atoms with Crippen LogP contribution >= 0.6 is 0 Å². The van der Waals surface area contributed by atoms with Gasteiger partial charge in [0.15, 0.2) is 0 Å². The zero-order chi connectivity index (χ0) is 21.7. The molecule has 4 fully saturated rings. The lowest BCUT2D eigenvalue weighted by molar-refractivity contribution is -0.128. The van der Waals surface area contributed by atoms with E-state index in [1.165, 1.54) is 51.4 Å². The van der Waals surface area contributed by atoms with E-state index in [1.54, 1.807) is 0 Å². The van der Waals surface area contributed by atoms with Crippen LogP contribution in [-0.2, 0) is 0 Å². The smallest absolute Gasteiger partial charge is 0.0543 e. The Morgan fingerprint density at radius 1 is 0.867 bits per heavy atom. The monoisotopic (exact) mass is 414 g/mol. The summed E-state index contributed by atoms with van der Waals surface area (Å²) in [5, 5.41) is 10.3. The van der Waals surface area contributed by atoms with Crippen LogP contribution in [0.2, 0.25) is 0 Å². The predicted octanol–water partition coefficient (Wildman–Crippen LogP) is 7.88. The largest absolute Gasteiger partial charge is 0.393 e. The van der Waals surface area contributed by atoms with Crippen molar-refractivity contribution in [1.29, 1.82) is 0 Å². The molecule has 0 aromatic heterocycles. The molecule has 0 radical (unpaired) electrons. The number of aliphatic hydroxyl groups is 1. The predicted molar refractivity (Wildman–Crippen MR) is 128 cm³/mol. The fourth-order valence-electron chi connectivity index (χ4n) is 9.42. The zero-order valence-electron chi connectivity index (χ0n) is 20.9. The van der Waals surface area contributed by atoms with E-state index >= 15 is 0 Å². The van der Waals surface area contributed by atoms with Crippen molar-refractivity contribution in [2.75, 3.05) is 0 Å². The molecule has 1 N–H and O–H groups in total. The molecule has 4 rings (SSSR count). The first kappa shape index (κ1) is 22.9. The van der Waals surface area contributed by atoms with Gasteiger partial charge in [-0.05, 0) is 122 Å². The quantitative estimate of drug-likeness (QED) is 0.454. The molecule has 4 aliphatic carbocycles. The van der Waals surface area contributed by atoms with Crippen LogP contribution in [0.4, 0.5) is 0 Å². The van der Waals surface area contributed by atoms with Gasteiger partial charge in [-0.15, -0.1) is 0 Å². The molecule has 0 aromatic carbocycles. The molecule has 172 valence electrons. The van der Waals surface area contributed by atoms with Gasteiger partial charge in [-0.3, -0.25) is 0 Å². The van der Waals surface area contributed by atoms with Crippen LogP contribution in [0.5, 0.6) is 0 Å². The van der Waals surface area contributed by atoms with E-state index in [4.69, 9.17) is 0 Å². The summed E-state index contributed by atoms with van der Waals surface area (Å²) in [4.78, 5) is 0. The summed E-state index contributed by atoms with van der Waals surface area (Å²) in [6, 6.07) is 0. The van der Waals surface area contributed by atoms with E-state index in [9.17, 15) is 5.11 Å². The number of hydrogen-bond acceptors (Lipinski definition) is 1. The molecule has 0 saturated heterocycles. The Bertz CT molecular complexity index is 622. The fraction of sp³-hybridized carbons (Fsp3) is 0.931. The van der Waals surface area contributed by atoms with Crippen molar-refractivity contribution in [3.05, 3.63) is 12.2 Å². The van der Waals surface area contributed by atoms with Crippen molar-refractivity contribution >= 4 is 0 Å². The molecule has 0 aromatic rings. The van der Waals surface area contributed by atoms with Crippen LogP contribution in [0.3, 0.4) is 0 Å². The highest BCUT2D eigenvalue weighted by molar-refractivity contribution is 5.11. The summed E-state index contributed by atoms with van der Waals surface area (Å²) in [6.45, 7) is 14.9. The molecule has 4 saturated carbocycles. The normalized spacial score (nSPS) is 48.3. The van der Waals surface area contributed by atoms with E-state index in [1.807, 2.05) is 0 Å². The van der Waals surface area contributed by atoms with Gasteiger partial charge in [0.25, 0.3) is 0 Å². The van der Waals surface area contributed by atoms with Gasteiger partial charge >= 0.3 is 0 Å². The van der Waals surface area contributed by atoms with Gasteiger partial charge in [0.05, 0.1) is 6.10 Å². The second-order valence-corrected chi connectivity index (χ2v) is 12.9. The average molecular weight is 415 g/mol. The topological polar surface area (TPSA) is 20.2 Å². The Kier molecular flexibility index (Phi) is 6.53. The van der Waals surface area contributed by atoms with Gasteiger partial charge in [0.1, 0.15) is 0 Å². The highest BCUT2D eigenvalue weighted by atomic mass is 16.3. The van der Waals surface area contributed by atoms with E-state index < -0.39 is 0 Å². The number of hydrogen-bond donors (Lipinski definition) is 1. The summed E-state index contributed by atoms with van der Waals surface area (Å²) in [5.41, 5.74) is 1.07. The standard InChI is InChI=1S/C29H50O/c1-7-21(19(2)3)9-8-20(4)25-12-13-26-24-11-10-22-18-23(30)14-16-28(22,5)27(24)15-17-29(25,26)6/h8-9,19-27,30H,7,10-18H2,1-6H3/b9-8+/t20-,21-,22?,23+,24-,25-,26+,27+,28+,29-/m1/s1. The van der Waals surface area contributed by atoms with Crippen LogP contribution in [0.15, 0.2) is 12.2 Å². The Balaban J connectivity index is 1.49. The summed E-state index contributed by atoms with van der Waals surface area (Å²) in [5.74, 6) is 6.72. The van der Waals surface area contributed by atoms with Crippen molar-refractivity contribution in [1.82, 2.24) is 0 Å². The van der Waals surface area contributed by atoms with Gasteiger partial charge in [-0.25, -0.2) is 0 Å². The zero-order valence-corrected chi connectivity index (χ0v) is 20.9.